The van der Waals surface area contributed by atoms with Crippen molar-refractivity contribution >= 4 is 23.2 Å². The highest BCUT2D eigenvalue weighted by Crippen LogP contribution is 2.19. The van der Waals surface area contributed by atoms with Crippen molar-refractivity contribution in [2.75, 3.05) is 18.5 Å². The topological polar surface area (TPSA) is 127 Å². The Hall–Kier alpha value is -4.51. The molecule has 0 aliphatic carbocycles. The minimum atomic E-state index is -0.624. The number of carbonyl (C=O) groups is 1. The van der Waals surface area contributed by atoms with Crippen LogP contribution in [0.2, 0.25) is 0 Å². The van der Waals surface area contributed by atoms with Gasteiger partial charge >= 0.3 is 11.8 Å². The van der Waals surface area contributed by atoms with Crippen LogP contribution < -0.4 is 21.5 Å². The third-order valence-corrected chi connectivity index (χ3v) is 5.74. The first-order valence-corrected chi connectivity index (χ1v) is 12.2. The molecule has 3 aromatic rings. The molecule has 1 aromatic carbocycles. The molecular weight excluding hydrogens is 486 g/mol. The summed E-state index contributed by atoms with van der Waals surface area (Å²) in [5.41, 5.74) is -0.306. The molecule has 11 heteroatoms. The van der Waals surface area contributed by atoms with E-state index in [-0.39, 0.29) is 30.3 Å². The van der Waals surface area contributed by atoms with Gasteiger partial charge in [0.1, 0.15) is 5.60 Å². The lowest BCUT2D eigenvalue weighted by molar-refractivity contribution is 0.0510. The van der Waals surface area contributed by atoms with Crippen LogP contribution in [-0.4, -0.2) is 50.0 Å². The third kappa shape index (κ3) is 6.06. The SMILES string of the molecule is CC#CCn1c(N(C)C[C@H](C)NC(=O)OC(C)(C)C)nc2c1c(=O)n(Cc1ccccc1C#N)c(=O)n2C. The Morgan fingerprint density at radius 1 is 1.24 bits per heavy atom. The Kier molecular flexibility index (Phi) is 8.32. The maximum atomic E-state index is 13.7. The molecule has 1 amide bonds. The molecule has 2 aromatic heterocycles. The van der Waals surface area contributed by atoms with Crippen LogP contribution in [0, 0.1) is 23.2 Å². The number of nitrogens with one attached hydrogen (secondary N) is 1. The van der Waals surface area contributed by atoms with Gasteiger partial charge in [0, 0.05) is 26.7 Å². The number of benzene rings is 1. The zero-order chi connectivity index (χ0) is 28.2. The van der Waals surface area contributed by atoms with Gasteiger partial charge in [-0.15, -0.1) is 5.92 Å². The highest BCUT2D eigenvalue weighted by molar-refractivity contribution is 5.75. The number of nitrogens with zero attached hydrogens (tertiary/aromatic N) is 6. The molecule has 1 N–H and O–H groups in total. The number of amides is 1. The Morgan fingerprint density at radius 2 is 1.92 bits per heavy atom. The Balaban J connectivity index is 2.07. The Labute approximate surface area is 221 Å². The van der Waals surface area contributed by atoms with Gasteiger partial charge < -0.3 is 15.0 Å². The number of aromatic nitrogens is 4. The van der Waals surface area contributed by atoms with E-state index in [1.807, 2.05) is 6.92 Å². The van der Waals surface area contributed by atoms with Gasteiger partial charge in [-0.3, -0.25) is 18.5 Å². The fourth-order valence-electron chi connectivity index (χ4n) is 4.08. The van der Waals surface area contributed by atoms with E-state index in [0.29, 0.717) is 23.6 Å². The summed E-state index contributed by atoms with van der Waals surface area (Å²) in [6.07, 6.45) is -0.535. The number of rotatable bonds is 7. The Morgan fingerprint density at radius 3 is 2.55 bits per heavy atom. The zero-order valence-corrected chi connectivity index (χ0v) is 22.8. The van der Waals surface area contributed by atoms with Gasteiger partial charge in [-0.25, -0.2) is 9.59 Å². The molecule has 0 fully saturated rings. The Bertz CT molecular complexity index is 1570. The zero-order valence-electron chi connectivity index (χ0n) is 22.8. The second-order valence-electron chi connectivity index (χ2n) is 10.0. The summed E-state index contributed by atoms with van der Waals surface area (Å²) in [6.45, 7) is 9.35. The van der Waals surface area contributed by atoms with Crippen LogP contribution in [0.4, 0.5) is 10.7 Å². The van der Waals surface area contributed by atoms with E-state index in [0.717, 1.165) is 4.57 Å². The molecule has 0 radical (unpaired) electrons. The number of alkyl carbamates (subject to hydrolysis) is 1. The lowest BCUT2D eigenvalue weighted by atomic mass is 10.1. The number of likely N-dealkylation sites (N-methyl/N-ethyl adjacent to an activating group) is 1. The number of carbonyl (C=O) groups excluding carboxylic acids is 1. The van der Waals surface area contributed by atoms with Crippen molar-refractivity contribution < 1.29 is 9.53 Å². The molecule has 1 atom stereocenters. The predicted molar refractivity (Wildman–Crippen MR) is 145 cm³/mol. The predicted octanol–water partition coefficient (Wildman–Crippen LogP) is 2.19. The number of hydrogen-bond donors (Lipinski definition) is 1. The molecule has 11 nitrogen and oxygen atoms in total. The van der Waals surface area contributed by atoms with Crippen molar-refractivity contribution in [1.29, 1.82) is 5.26 Å². The molecule has 0 unspecified atom stereocenters. The van der Waals surface area contributed by atoms with Crippen molar-refractivity contribution in [2.24, 2.45) is 7.05 Å². The molecule has 0 spiro atoms. The van der Waals surface area contributed by atoms with Crippen LogP contribution in [0.5, 0.6) is 0 Å². The maximum absolute atomic E-state index is 13.7. The van der Waals surface area contributed by atoms with E-state index in [2.05, 4.69) is 28.2 Å². The van der Waals surface area contributed by atoms with Crippen molar-refractivity contribution in [2.45, 2.75) is 59.4 Å². The minimum absolute atomic E-state index is 0.0577. The van der Waals surface area contributed by atoms with E-state index >= 15 is 0 Å². The van der Waals surface area contributed by atoms with E-state index in [1.54, 1.807) is 75.5 Å². The fraction of sp³-hybridized carbons (Fsp3) is 0.444. The molecular formula is C27H33N7O4. The maximum Gasteiger partial charge on any atom is 0.407 e. The van der Waals surface area contributed by atoms with Crippen LogP contribution >= 0.6 is 0 Å². The molecule has 0 bridgehead atoms. The average Bonchev–Trinajstić information content (AvgIpc) is 3.22. The van der Waals surface area contributed by atoms with Gasteiger partial charge in [0.25, 0.3) is 5.56 Å². The second kappa shape index (κ2) is 11.3. The standard InChI is InChI=1S/C27H33N7O4/c1-8-9-14-33-21-22(30-24(33)31(6)16-18(2)29-25(36)38-27(3,4)5)32(7)26(37)34(23(21)35)17-20-13-11-10-12-19(20)15-28/h10-13,18H,14,16-17H2,1-7H3,(H,29,36)/t18-/m0/s1. The van der Waals surface area contributed by atoms with Crippen molar-refractivity contribution in [3.8, 4) is 17.9 Å². The molecule has 38 heavy (non-hydrogen) atoms. The molecule has 2 heterocycles. The smallest absolute Gasteiger partial charge is 0.407 e. The van der Waals surface area contributed by atoms with Gasteiger partial charge in [-0.05, 0) is 46.2 Å². The van der Waals surface area contributed by atoms with Crippen LogP contribution in [0.25, 0.3) is 11.2 Å². The lowest BCUT2D eigenvalue weighted by Crippen LogP contribution is -2.43. The largest absolute Gasteiger partial charge is 0.444 e. The van der Waals surface area contributed by atoms with Gasteiger partial charge in [0.05, 0.1) is 24.7 Å². The molecule has 3 rings (SSSR count). The summed E-state index contributed by atoms with van der Waals surface area (Å²) in [6, 6.07) is 8.63. The van der Waals surface area contributed by atoms with Gasteiger partial charge in [0.2, 0.25) is 5.95 Å². The van der Waals surface area contributed by atoms with Crippen LogP contribution in [0.1, 0.15) is 45.7 Å². The number of aryl methyl sites for hydroxylation is 1. The molecule has 0 aliphatic rings. The summed E-state index contributed by atoms with van der Waals surface area (Å²) in [5, 5.41) is 12.3. The highest BCUT2D eigenvalue weighted by Gasteiger charge is 2.24. The van der Waals surface area contributed by atoms with Crippen LogP contribution in [-0.2, 0) is 24.9 Å². The van der Waals surface area contributed by atoms with E-state index in [9.17, 15) is 19.6 Å². The van der Waals surface area contributed by atoms with Crippen molar-refractivity contribution in [3.63, 3.8) is 0 Å². The fourth-order valence-corrected chi connectivity index (χ4v) is 4.08. The van der Waals surface area contributed by atoms with Gasteiger partial charge in [0.15, 0.2) is 11.2 Å². The highest BCUT2D eigenvalue weighted by atomic mass is 16.6. The summed E-state index contributed by atoms with van der Waals surface area (Å²) >= 11 is 0. The van der Waals surface area contributed by atoms with Gasteiger partial charge in [-0.2, -0.15) is 10.2 Å². The minimum Gasteiger partial charge on any atom is -0.444 e. The first-order chi connectivity index (χ1) is 17.9. The number of nitriles is 1. The van der Waals surface area contributed by atoms with Gasteiger partial charge in [-0.1, -0.05) is 24.1 Å². The van der Waals surface area contributed by atoms with E-state index < -0.39 is 22.9 Å². The molecule has 0 saturated heterocycles. The first-order valence-electron chi connectivity index (χ1n) is 12.2. The van der Waals surface area contributed by atoms with Crippen molar-refractivity contribution in [1.82, 2.24) is 24.0 Å². The molecule has 200 valence electrons. The van der Waals surface area contributed by atoms with E-state index in [4.69, 9.17) is 4.74 Å². The van der Waals surface area contributed by atoms with E-state index in [1.165, 1.54) is 4.57 Å². The number of ether oxygens (including phenoxy) is 1. The lowest BCUT2D eigenvalue weighted by Gasteiger charge is -2.25. The number of anilines is 1. The summed E-state index contributed by atoms with van der Waals surface area (Å²) < 4.78 is 9.43. The third-order valence-electron chi connectivity index (χ3n) is 5.74. The summed E-state index contributed by atoms with van der Waals surface area (Å²) in [4.78, 5) is 45.5. The number of imidazole rings is 1. The number of hydrogen-bond acceptors (Lipinski definition) is 7. The van der Waals surface area contributed by atoms with Crippen molar-refractivity contribution in [3.05, 3.63) is 56.2 Å². The quantitative estimate of drug-likeness (QED) is 0.474. The molecule has 0 aliphatic heterocycles. The van der Waals surface area contributed by atoms with Crippen LogP contribution in [0.3, 0.4) is 0 Å². The molecule has 0 saturated carbocycles. The first kappa shape index (κ1) is 28.1. The monoisotopic (exact) mass is 519 g/mol. The number of fused-ring (bicyclic) bond motifs is 1. The summed E-state index contributed by atoms with van der Waals surface area (Å²) in [7, 11) is 3.33. The average molecular weight is 520 g/mol. The van der Waals surface area contributed by atoms with Crippen LogP contribution in [0.15, 0.2) is 33.9 Å². The second-order valence-corrected chi connectivity index (χ2v) is 10.0. The normalized spacial score (nSPS) is 11.8. The summed E-state index contributed by atoms with van der Waals surface area (Å²) in [5.74, 6) is 6.23.